The lowest BCUT2D eigenvalue weighted by Gasteiger charge is -2.38. The predicted octanol–water partition coefficient (Wildman–Crippen LogP) is 1.46. The second kappa shape index (κ2) is 6.87. The lowest BCUT2D eigenvalue weighted by atomic mass is 10.1. The van der Waals surface area contributed by atoms with Crippen molar-refractivity contribution in [1.29, 1.82) is 0 Å². The number of carbonyl (C=O) groups is 1. The summed E-state index contributed by atoms with van der Waals surface area (Å²) in [6.45, 7) is 2.57. The monoisotopic (exact) mass is 399 g/mol. The van der Waals surface area contributed by atoms with Gasteiger partial charge in [-0.3, -0.25) is 4.79 Å². The SMILES string of the molecule is COc1ccc(N2CCN(C3=C(C(N)=O)S(=O)(=O)c4ccccc43)CC2)cc1. The van der Waals surface area contributed by atoms with E-state index in [0.717, 1.165) is 11.4 Å². The minimum absolute atomic E-state index is 0.149. The van der Waals surface area contributed by atoms with Crippen LogP contribution < -0.4 is 15.4 Å². The van der Waals surface area contributed by atoms with Crippen molar-refractivity contribution in [2.75, 3.05) is 38.2 Å². The summed E-state index contributed by atoms with van der Waals surface area (Å²) in [6, 6.07) is 14.5. The molecule has 4 rings (SSSR count). The standard InChI is InChI=1S/C20H21N3O4S/c1-27-15-8-6-14(7-9-15)22-10-12-23(13-11-22)18-16-4-2-3-5-17(16)28(25,26)19(18)20(21)24/h2-9H,10-13H2,1H3,(H2,21,24). The van der Waals surface area contributed by atoms with Crippen LogP contribution in [-0.2, 0) is 14.6 Å². The van der Waals surface area contributed by atoms with E-state index in [-0.39, 0.29) is 9.80 Å². The fraction of sp³-hybridized carbons (Fsp3) is 0.250. The summed E-state index contributed by atoms with van der Waals surface area (Å²) < 4.78 is 30.8. The molecule has 2 aromatic carbocycles. The van der Waals surface area contributed by atoms with E-state index in [1.54, 1.807) is 25.3 Å². The normalized spacial score (nSPS) is 18.2. The number of nitrogens with zero attached hydrogens (tertiary/aromatic N) is 2. The van der Waals surface area contributed by atoms with Gasteiger partial charge < -0.3 is 20.3 Å². The van der Waals surface area contributed by atoms with Crippen LogP contribution in [0.25, 0.3) is 5.70 Å². The zero-order valence-corrected chi connectivity index (χ0v) is 16.3. The summed E-state index contributed by atoms with van der Waals surface area (Å²) in [5.41, 5.74) is 7.52. The third kappa shape index (κ3) is 2.90. The third-order valence-electron chi connectivity index (χ3n) is 5.17. The zero-order valence-electron chi connectivity index (χ0n) is 15.5. The first-order valence-electron chi connectivity index (χ1n) is 8.96. The van der Waals surface area contributed by atoms with Crippen LogP contribution in [-0.4, -0.2) is 52.5 Å². The molecule has 146 valence electrons. The molecule has 1 fully saturated rings. The molecule has 28 heavy (non-hydrogen) atoms. The first-order valence-corrected chi connectivity index (χ1v) is 10.4. The number of fused-ring (bicyclic) bond motifs is 1. The highest BCUT2D eigenvalue weighted by Gasteiger charge is 2.41. The summed E-state index contributed by atoms with van der Waals surface area (Å²) in [5.74, 6) is -0.116. The molecule has 0 atom stereocenters. The Morgan fingerprint density at radius 3 is 2.18 bits per heavy atom. The van der Waals surface area contributed by atoms with Gasteiger partial charge in [0, 0.05) is 37.4 Å². The number of benzene rings is 2. The average molecular weight is 399 g/mol. The van der Waals surface area contributed by atoms with Gasteiger partial charge in [-0.2, -0.15) is 0 Å². The van der Waals surface area contributed by atoms with E-state index < -0.39 is 15.7 Å². The number of amides is 1. The first kappa shape index (κ1) is 18.4. The van der Waals surface area contributed by atoms with E-state index >= 15 is 0 Å². The molecule has 2 aromatic rings. The highest BCUT2D eigenvalue weighted by atomic mass is 32.2. The van der Waals surface area contributed by atoms with Gasteiger partial charge in [0.05, 0.1) is 17.7 Å². The number of hydrogen-bond donors (Lipinski definition) is 1. The molecule has 2 aliphatic heterocycles. The highest BCUT2D eigenvalue weighted by molar-refractivity contribution is 7.97. The number of primary amides is 1. The van der Waals surface area contributed by atoms with E-state index in [9.17, 15) is 13.2 Å². The van der Waals surface area contributed by atoms with Crippen LogP contribution in [0.4, 0.5) is 5.69 Å². The van der Waals surface area contributed by atoms with Crippen LogP contribution >= 0.6 is 0 Å². The van der Waals surface area contributed by atoms with Crippen molar-refractivity contribution in [2.45, 2.75) is 4.90 Å². The van der Waals surface area contributed by atoms with E-state index in [1.165, 1.54) is 6.07 Å². The Labute approximate surface area is 163 Å². The molecule has 0 unspecified atom stereocenters. The maximum atomic E-state index is 12.8. The molecule has 0 radical (unpaired) electrons. The molecular formula is C20H21N3O4S. The topological polar surface area (TPSA) is 92.9 Å². The van der Waals surface area contributed by atoms with Gasteiger partial charge in [0.15, 0.2) is 4.91 Å². The Bertz CT molecular complexity index is 1050. The molecule has 0 aromatic heterocycles. The summed E-state index contributed by atoms with van der Waals surface area (Å²) in [4.78, 5) is 16.0. The van der Waals surface area contributed by atoms with E-state index in [1.807, 2.05) is 29.2 Å². The second-order valence-corrected chi connectivity index (χ2v) is 8.57. The molecule has 7 nitrogen and oxygen atoms in total. The van der Waals surface area contributed by atoms with Crippen molar-refractivity contribution in [2.24, 2.45) is 5.73 Å². The third-order valence-corrected chi connectivity index (χ3v) is 7.04. The minimum atomic E-state index is -3.88. The molecule has 2 N–H and O–H groups in total. The highest BCUT2D eigenvalue weighted by Crippen LogP contribution is 2.41. The number of carbonyl (C=O) groups excluding carboxylic acids is 1. The fourth-order valence-corrected chi connectivity index (χ4v) is 5.49. The number of anilines is 1. The second-order valence-electron chi connectivity index (χ2n) is 6.71. The van der Waals surface area contributed by atoms with Crippen LogP contribution in [0, 0.1) is 0 Å². The first-order chi connectivity index (χ1) is 13.4. The van der Waals surface area contributed by atoms with Crippen LogP contribution in [0.5, 0.6) is 5.75 Å². The Balaban J connectivity index is 1.62. The Hall–Kier alpha value is -3.00. The molecular weight excluding hydrogens is 378 g/mol. The molecule has 2 heterocycles. The summed E-state index contributed by atoms with van der Waals surface area (Å²) in [5, 5.41) is 0. The van der Waals surface area contributed by atoms with Crippen molar-refractivity contribution in [3.63, 3.8) is 0 Å². The van der Waals surface area contributed by atoms with E-state index in [0.29, 0.717) is 37.4 Å². The Kier molecular flexibility index (Phi) is 4.50. The van der Waals surface area contributed by atoms with Gasteiger partial charge in [0.2, 0.25) is 9.84 Å². The predicted molar refractivity (Wildman–Crippen MR) is 107 cm³/mol. The van der Waals surface area contributed by atoms with Crippen LogP contribution in [0.1, 0.15) is 5.56 Å². The summed E-state index contributed by atoms with van der Waals surface area (Å²) in [6.07, 6.45) is 0. The van der Waals surface area contributed by atoms with E-state index in [2.05, 4.69) is 4.90 Å². The van der Waals surface area contributed by atoms with E-state index in [4.69, 9.17) is 10.5 Å². The number of piperazine rings is 1. The van der Waals surface area contributed by atoms with Crippen molar-refractivity contribution < 1.29 is 17.9 Å². The van der Waals surface area contributed by atoms with Crippen molar-refractivity contribution in [1.82, 2.24) is 4.90 Å². The maximum absolute atomic E-state index is 12.8. The minimum Gasteiger partial charge on any atom is -0.497 e. The molecule has 8 heteroatoms. The lowest BCUT2D eigenvalue weighted by molar-refractivity contribution is -0.113. The number of nitrogens with two attached hydrogens (primary N) is 1. The molecule has 1 amide bonds. The molecule has 0 bridgehead atoms. The number of methoxy groups -OCH3 is 1. The molecule has 0 spiro atoms. The largest absolute Gasteiger partial charge is 0.497 e. The maximum Gasteiger partial charge on any atom is 0.262 e. The van der Waals surface area contributed by atoms with Crippen molar-refractivity contribution in [3.05, 3.63) is 59.0 Å². The fourth-order valence-electron chi connectivity index (χ4n) is 3.80. The quantitative estimate of drug-likeness (QED) is 0.837. The van der Waals surface area contributed by atoms with Gasteiger partial charge >= 0.3 is 0 Å². The summed E-state index contributed by atoms with van der Waals surface area (Å²) in [7, 11) is -2.25. The van der Waals surface area contributed by atoms with Gasteiger partial charge in [-0.15, -0.1) is 0 Å². The molecule has 0 aliphatic carbocycles. The molecule has 1 saturated heterocycles. The number of sulfone groups is 1. The van der Waals surface area contributed by atoms with Gasteiger partial charge in [0.25, 0.3) is 5.91 Å². The smallest absolute Gasteiger partial charge is 0.262 e. The van der Waals surface area contributed by atoms with Crippen LogP contribution in [0.15, 0.2) is 58.3 Å². The summed E-state index contributed by atoms with van der Waals surface area (Å²) >= 11 is 0. The Morgan fingerprint density at radius 1 is 0.964 bits per heavy atom. The lowest BCUT2D eigenvalue weighted by Crippen LogP contribution is -2.45. The average Bonchev–Trinajstić information content (AvgIpc) is 2.96. The number of hydrogen-bond acceptors (Lipinski definition) is 6. The zero-order chi connectivity index (χ0) is 19.9. The number of ether oxygens (including phenoxy) is 1. The molecule has 0 saturated carbocycles. The molecule has 2 aliphatic rings. The van der Waals surface area contributed by atoms with Gasteiger partial charge in [-0.1, -0.05) is 18.2 Å². The van der Waals surface area contributed by atoms with Gasteiger partial charge in [-0.25, -0.2) is 8.42 Å². The van der Waals surface area contributed by atoms with Crippen molar-refractivity contribution in [3.8, 4) is 5.75 Å². The van der Waals surface area contributed by atoms with Crippen LogP contribution in [0.3, 0.4) is 0 Å². The number of rotatable bonds is 4. The van der Waals surface area contributed by atoms with Crippen molar-refractivity contribution >= 4 is 27.1 Å². The van der Waals surface area contributed by atoms with Gasteiger partial charge in [0.1, 0.15) is 5.75 Å². The van der Waals surface area contributed by atoms with Crippen LogP contribution in [0.2, 0.25) is 0 Å². The van der Waals surface area contributed by atoms with Gasteiger partial charge in [-0.05, 0) is 30.3 Å². The Morgan fingerprint density at radius 2 is 1.57 bits per heavy atom.